The number of benzene rings is 1. The molecule has 1 atom stereocenters. The lowest BCUT2D eigenvalue weighted by atomic mass is 9.96. The molecule has 3 rings (SSSR count). The third-order valence-electron chi connectivity index (χ3n) is 5.44. The van der Waals surface area contributed by atoms with E-state index in [0.29, 0.717) is 6.61 Å². The molecule has 1 unspecified atom stereocenters. The van der Waals surface area contributed by atoms with E-state index in [1.54, 1.807) is 12.1 Å². The van der Waals surface area contributed by atoms with Crippen LogP contribution in [0.2, 0.25) is 0 Å². The average molecular weight is 457 g/mol. The molecule has 172 valence electrons. The number of hydrogen-bond donors (Lipinski definition) is 1. The van der Waals surface area contributed by atoms with Crippen molar-refractivity contribution in [2.24, 2.45) is 5.92 Å². The third-order valence-corrected chi connectivity index (χ3v) is 6.38. The summed E-state index contributed by atoms with van der Waals surface area (Å²) in [5, 5.41) is 6.21. The van der Waals surface area contributed by atoms with Gasteiger partial charge in [0.15, 0.2) is 0 Å². The van der Waals surface area contributed by atoms with E-state index >= 15 is 0 Å². The highest BCUT2D eigenvalue weighted by Crippen LogP contribution is 2.28. The highest BCUT2D eigenvalue weighted by molar-refractivity contribution is 7.13. The van der Waals surface area contributed by atoms with E-state index in [2.05, 4.69) is 15.0 Å². The summed E-state index contributed by atoms with van der Waals surface area (Å²) in [4.78, 5) is 4.52. The molecule has 1 aliphatic rings. The van der Waals surface area contributed by atoms with Crippen LogP contribution in [0.3, 0.4) is 0 Å². The number of rotatable bonds is 11. The Kier molecular flexibility index (Phi) is 9.61. The van der Waals surface area contributed by atoms with E-state index in [-0.39, 0.29) is 5.75 Å². The molecule has 2 aromatic rings. The molecule has 0 amide bonds. The van der Waals surface area contributed by atoms with Crippen LogP contribution in [0.5, 0.6) is 5.75 Å². The van der Waals surface area contributed by atoms with Gasteiger partial charge in [0.1, 0.15) is 10.8 Å². The fourth-order valence-electron chi connectivity index (χ4n) is 3.81. The molecule has 1 N–H and O–H groups in total. The molecule has 1 saturated heterocycles. The van der Waals surface area contributed by atoms with Gasteiger partial charge in [-0.05, 0) is 69.0 Å². The molecule has 31 heavy (non-hydrogen) atoms. The molecule has 1 aromatic heterocycles. The Labute approximate surface area is 186 Å². The topological polar surface area (TPSA) is 43.4 Å². The number of nitrogens with one attached hydrogen (secondary N) is 1. The van der Waals surface area contributed by atoms with Crippen LogP contribution in [0.1, 0.15) is 57.1 Å². The standard InChI is InChI=1S/C23H31F3N2O2S/c24-23(25,26)30-21-11-9-19(10-12-21)22-28-20(17-31-22)16-29-14-6-2-1-3-7-18-8-4-5-13-27-15-18/h9-12,17-18,27H,1-8,13-16H2. The van der Waals surface area contributed by atoms with Crippen molar-refractivity contribution in [2.45, 2.75) is 64.3 Å². The van der Waals surface area contributed by atoms with Crippen molar-refractivity contribution in [1.29, 1.82) is 0 Å². The number of nitrogens with zero attached hydrogens (tertiary/aromatic N) is 1. The maximum absolute atomic E-state index is 12.2. The summed E-state index contributed by atoms with van der Waals surface area (Å²) in [5.74, 6) is 0.619. The van der Waals surface area contributed by atoms with Crippen LogP contribution in [0.4, 0.5) is 13.2 Å². The number of halogens is 3. The van der Waals surface area contributed by atoms with E-state index in [9.17, 15) is 13.2 Å². The molecule has 1 aliphatic heterocycles. The van der Waals surface area contributed by atoms with Gasteiger partial charge in [-0.1, -0.05) is 25.7 Å². The highest BCUT2D eigenvalue weighted by atomic mass is 32.1. The molecule has 0 saturated carbocycles. The van der Waals surface area contributed by atoms with Crippen molar-refractivity contribution < 1.29 is 22.6 Å². The first-order valence-corrected chi connectivity index (χ1v) is 12.0. The number of ether oxygens (including phenoxy) is 2. The van der Waals surface area contributed by atoms with Gasteiger partial charge < -0.3 is 14.8 Å². The van der Waals surface area contributed by atoms with E-state index in [4.69, 9.17) is 4.74 Å². The van der Waals surface area contributed by atoms with Crippen LogP contribution in [0.25, 0.3) is 10.6 Å². The fraction of sp³-hybridized carbons (Fsp3) is 0.609. The Morgan fingerprint density at radius 1 is 1.06 bits per heavy atom. The third kappa shape index (κ3) is 9.17. The minimum Gasteiger partial charge on any atom is -0.406 e. The zero-order chi connectivity index (χ0) is 21.9. The number of aromatic nitrogens is 1. The van der Waals surface area contributed by atoms with Gasteiger partial charge in [-0.2, -0.15) is 0 Å². The Balaban J connectivity index is 1.28. The van der Waals surface area contributed by atoms with Crippen molar-refractivity contribution >= 4 is 11.3 Å². The highest BCUT2D eigenvalue weighted by Gasteiger charge is 2.31. The molecule has 0 bridgehead atoms. The summed E-state index contributed by atoms with van der Waals surface area (Å²) in [6.07, 6.45) is 5.51. The van der Waals surface area contributed by atoms with Crippen LogP contribution < -0.4 is 10.1 Å². The van der Waals surface area contributed by atoms with E-state index in [1.165, 1.54) is 81.5 Å². The maximum Gasteiger partial charge on any atom is 0.573 e. The number of thiazole rings is 1. The van der Waals surface area contributed by atoms with Crippen molar-refractivity contribution in [2.75, 3.05) is 19.7 Å². The molecular formula is C23H31F3N2O2S. The molecule has 1 aromatic carbocycles. The average Bonchev–Trinajstić information content (AvgIpc) is 3.04. The lowest BCUT2D eigenvalue weighted by Crippen LogP contribution is -2.20. The SMILES string of the molecule is FC(F)(F)Oc1ccc(-c2nc(COCCCCCCC3CCCCNC3)cs2)cc1. The monoisotopic (exact) mass is 456 g/mol. The van der Waals surface area contributed by atoms with E-state index in [0.717, 1.165) is 35.2 Å². The lowest BCUT2D eigenvalue weighted by Gasteiger charge is -2.13. The van der Waals surface area contributed by atoms with Crippen LogP contribution >= 0.6 is 11.3 Å². The van der Waals surface area contributed by atoms with Crippen LogP contribution in [-0.2, 0) is 11.3 Å². The largest absolute Gasteiger partial charge is 0.573 e. The van der Waals surface area contributed by atoms with E-state index in [1.807, 2.05) is 5.38 Å². The minimum absolute atomic E-state index is 0.234. The Bertz CT molecular complexity index is 757. The van der Waals surface area contributed by atoms with Gasteiger partial charge in [0.05, 0.1) is 12.3 Å². The molecule has 0 spiro atoms. The van der Waals surface area contributed by atoms with Gasteiger partial charge in [0, 0.05) is 17.6 Å². The summed E-state index contributed by atoms with van der Waals surface area (Å²) in [6, 6.07) is 5.75. The Hall–Kier alpha value is -1.64. The predicted molar refractivity (Wildman–Crippen MR) is 117 cm³/mol. The minimum atomic E-state index is -4.68. The normalized spacial score (nSPS) is 17.5. The zero-order valence-corrected chi connectivity index (χ0v) is 18.6. The lowest BCUT2D eigenvalue weighted by molar-refractivity contribution is -0.274. The number of unbranched alkanes of at least 4 members (excludes halogenated alkanes) is 3. The maximum atomic E-state index is 12.2. The Morgan fingerprint density at radius 3 is 2.68 bits per heavy atom. The summed E-state index contributed by atoms with van der Waals surface area (Å²) in [5.41, 5.74) is 1.60. The molecule has 4 nitrogen and oxygen atoms in total. The second kappa shape index (κ2) is 12.4. The van der Waals surface area contributed by atoms with Crippen LogP contribution in [0, 0.1) is 5.92 Å². The first-order valence-electron chi connectivity index (χ1n) is 11.1. The summed E-state index contributed by atoms with van der Waals surface area (Å²) in [7, 11) is 0. The molecule has 2 heterocycles. The van der Waals surface area contributed by atoms with Gasteiger partial charge in [0.2, 0.25) is 0 Å². The molecule has 0 radical (unpaired) electrons. The first-order chi connectivity index (χ1) is 15.0. The fourth-order valence-corrected chi connectivity index (χ4v) is 4.62. The zero-order valence-electron chi connectivity index (χ0n) is 17.8. The van der Waals surface area contributed by atoms with Gasteiger partial charge in [-0.25, -0.2) is 4.98 Å². The number of hydrogen-bond acceptors (Lipinski definition) is 5. The van der Waals surface area contributed by atoms with Gasteiger partial charge in [-0.3, -0.25) is 0 Å². The van der Waals surface area contributed by atoms with E-state index < -0.39 is 6.36 Å². The number of alkyl halides is 3. The van der Waals surface area contributed by atoms with Crippen molar-refractivity contribution in [3.05, 3.63) is 35.3 Å². The predicted octanol–water partition coefficient (Wildman–Crippen LogP) is 6.57. The first kappa shape index (κ1) is 24.0. The molecular weight excluding hydrogens is 425 g/mol. The second-order valence-corrected chi connectivity index (χ2v) is 8.90. The Morgan fingerprint density at radius 2 is 1.87 bits per heavy atom. The summed E-state index contributed by atoms with van der Waals surface area (Å²) >= 11 is 1.45. The summed E-state index contributed by atoms with van der Waals surface area (Å²) in [6.45, 7) is 3.54. The quantitative estimate of drug-likeness (QED) is 0.389. The summed E-state index contributed by atoms with van der Waals surface area (Å²) < 4.78 is 46.4. The van der Waals surface area contributed by atoms with Crippen molar-refractivity contribution in [1.82, 2.24) is 10.3 Å². The van der Waals surface area contributed by atoms with Crippen LogP contribution in [0.15, 0.2) is 29.6 Å². The van der Waals surface area contributed by atoms with Gasteiger partial charge >= 0.3 is 6.36 Å². The van der Waals surface area contributed by atoms with Crippen molar-refractivity contribution in [3.63, 3.8) is 0 Å². The van der Waals surface area contributed by atoms with Gasteiger partial charge in [-0.15, -0.1) is 24.5 Å². The molecule has 0 aliphatic carbocycles. The smallest absolute Gasteiger partial charge is 0.406 e. The molecule has 1 fully saturated rings. The van der Waals surface area contributed by atoms with Crippen molar-refractivity contribution in [3.8, 4) is 16.3 Å². The van der Waals surface area contributed by atoms with Gasteiger partial charge in [0.25, 0.3) is 0 Å². The molecule has 8 heteroatoms. The van der Waals surface area contributed by atoms with Crippen LogP contribution in [-0.4, -0.2) is 31.0 Å². The second-order valence-electron chi connectivity index (χ2n) is 8.04.